The fraction of sp³-hybridized carbons (Fsp3) is 0.500. The Labute approximate surface area is 85.0 Å². The zero-order chi connectivity index (χ0) is 10.1. The highest BCUT2D eigenvalue weighted by atomic mass is 35.5. The Bertz CT molecular complexity index is 357. The minimum atomic E-state index is -1.10. The van der Waals surface area contributed by atoms with Crippen molar-refractivity contribution in [3.05, 3.63) is 16.5 Å². The van der Waals surface area contributed by atoms with Crippen molar-refractivity contribution in [2.75, 3.05) is 6.54 Å². The molecule has 1 unspecified atom stereocenters. The first-order valence-corrected chi connectivity index (χ1v) is 4.69. The van der Waals surface area contributed by atoms with E-state index in [2.05, 4.69) is 10.5 Å². The third-order valence-corrected chi connectivity index (χ3v) is 2.53. The van der Waals surface area contributed by atoms with Gasteiger partial charge in [0, 0.05) is 0 Å². The van der Waals surface area contributed by atoms with E-state index in [0.29, 0.717) is 5.76 Å². The molecule has 0 saturated carbocycles. The van der Waals surface area contributed by atoms with Crippen LogP contribution in [0.15, 0.2) is 4.52 Å². The van der Waals surface area contributed by atoms with Crippen LogP contribution < -0.4 is 5.32 Å². The second-order valence-electron chi connectivity index (χ2n) is 3.17. The molecule has 0 bridgehead atoms. The smallest absolute Gasteiger partial charge is 0.342 e. The second kappa shape index (κ2) is 3.59. The number of hydrogen-bond acceptors (Lipinski definition) is 4. The monoisotopic (exact) mass is 216 g/mol. The van der Waals surface area contributed by atoms with Crippen molar-refractivity contribution in [1.82, 2.24) is 10.5 Å². The van der Waals surface area contributed by atoms with Gasteiger partial charge in [-0.1, -0.05) is 16.8 Å². The summed E-state index contributed by atoms with van der Waals surface area (Å²) in [6, 6.07) is -0.0684. The third-order valence-electron chi connectivity index (χ3n) is 2.27. The Balaban J connectivity index is 2.37. The summed E-state index contributed by atoms with van der Waals surface area (Å²) in [6.07, 6.45) is 1.86. The molecule has 0 amide bonds. The van der Waals surface area contributed by atoms with Crippen LogP contribution in [-0.4, -0.2) is 22.8 Å². The maximum absolute atomic E-state index is 10.8. The maximum atomic E-state index is 10.8. The van der Waals surface area contributed by atoms with E-state index in [1.165, 1.54) is 0 Å². The predicted octanol–water partition coefficient (Wildman–Crippen LogP) is 1.45. The minimum Gasteiger partial charge on any atom is -0.477 e. The van der Waals surface area contributed by atoms with Crippen LogP contribution >= 0.6 is 11.6 Å². The van der Waals surface area contributed by atoms with Gasteiger partial charge in [-0.05, 0) is 19.4 Å². The van der Waals surface area contributed by atoms with Crippen molar-refractivity contribution in [3.8, 4) is 0 Å². The summed E-state index contributed by atoms with van der Waals surface area (Å²) >= 11 is 5.60. The summed E-state index contributed by atoms with van der Waals surface area (Å²) in [7, 11) is 0. The van der Waals surface area contributed by atoms with Crippen molar-refractivity contribution in [2.45, 2.75) is 18.9 Å². The molecule has 5 nitrogen and oxygen atoms in total. The summed E-state index contributed by atoms with van der Waals surface area (Å²) in [5.41, 5.74) is -0.0222. The van der Waals surface area contributed by atoms with E-state index in [9.17, 15) is 4.79 Å². The number of carboxylic acid groups (broad SMARTS) is 1. The van der Waals surface area contributed by atoms with Gasteiger partial charge in [0.25, 0.3) is 0 Å². The van der Waals surface area contributed by atoms with Crippen LogP contribution in [0.5, 0.6) is 0 Å². The first-order valence-electron chi connectivity index (χ1n) is 4.32. The van der Waals surface area contributed by atoms with Gasteiger partial charge in [-0.2, -0.15) is 0 Å². The Hall–Kier alpha value is -1.07. The molecule has 1 aliphatic rings. The topological polar surface area (TPSA) is 75.4 Å². The van der Waals surface area contributed by atoms with E-state index in [0.717, 1.165) is 19.4 Å². The molecule has 1 aromatic rings. The molecule has 2 heterocycles. The van der Waals surface area contributed by atoms with Crippen molar-refractivity contribution >= 4 is 17.6 Å². The largest absolute Gasteiger partial charge is 0.477 e. The van der Waals surface area contributed by atoms with Gasteiger partial charge in [0.15, 0.2) is 10.9 Å². The lowest BCUT2D eigenvalue weighted by molar-refractivity contribution is 0.0693. The van der Waals surface area contributed by atoms with Gasteiger partial charge in [-0.15, -0.1) is 0 Å². The number of carbonyl (C=O) groups is 1. The van der Waals surface area contributed by atoms with Gasteiger partial charge >= 0.3 is 5.97 Å². The number of halogens is 1. The lowest BCUT2D eigenvalue weighted by atomic mass is 10.1. The Morgan fingerprint density at radius 3 is 3.07 bits per heavy atom. The molecule has 0 aromatic carbocycles. The van der Waals surface area contributed by atoms with Gasteiger partial charge < -0.3 is 14.9 Å². The van der Waals surface area contributed by atoms with Crippen LogP contribution in [0.25, 0.3) is 0 Å². The predicted molar refractivity (Wildman–Crippen MR) is 48.5 cm³/mol. The fourth-order valence-electron chi connectivity index (χ4n) is 1.62. The molecule has 1 atom stereocenters. The average Bonchev–Trinajstić information content (AvgIpc) is 2.70. The zero-order valence-corrected chi connectivity index (χ0v) is 8.04. The molecule has 1 aromatic heterocycles. The molecule has 1 fully saturated rings. The van der Waals surface area contributed by atoms with Crippen molar-refractivity contribution in [3.63, 3.8) is 0 Å². The lowest BCUT2D eigenvalue weighted by Crippen LogP contribution is -2.15. The summed E-state index contributed by atoms with van der Waals surface area (Å²) in [5.74, 6) is -0.764. The van der Waals surface area contributed by atoms with E-state index in [1.54, 1.807) is 0 Å². The van der Waals surface area contributed by atoms with Gasteiger partial charge in [-0.3, -0.25) is 0 Å². The number of nitrogens with one attached hydrogen (secondary N) is 1. The van der Waals surface area contributed by atoms with Gasteiger partial charge in [0.05, 0.1) is 6.04 Å². The van der Waals surface area contributed by atoms with E-state index in [1.807, 2.05) is 0 Å². The van der Waals surface area contributed by atoms with Crippen LogP contribution in [0.1, 0.15) is 35.0 Å². The molecule has 2 N–H and O–H groups in total. The number of rotatable bonds is 2. The average molecular weight is 217 g/mol. The normalized spacial score (nSPS) is 21.4. The highest BCUT2D eigenvalue weighted by molar-refractivity contribution is 6.32. The summed E-state index contributed by atoms with van der Waals surface area (Å²) < 4.78 is 4.92. The Morgan fingerprint density at radius 2 is 2.50 bits per heavy atom. The van der Waals surface area contributed by atoms with Crippen molar-refractivity contribution in [2.24, 2.45) is 0 Å². The van der Waals surface area contributed by atoms with Gasteiger partial charge in [-0.25, -0.2) is 4.79 Å². The molecule has 2 rings (SSSR count). The third kappa shape index (κ3) is 1.49. The molecular weight excluding hydrogens is 208 g/mol. The van der Waals surface area contributed by atoms with E-state index < -0.39 is 5.97 Å². The Morgan fingerprint density at radius 1 is 1.71 bits per heavy atom. The highest BCUT2D eigenvalue weighted by Gasteiger charge is 2.29. The lowest BCUT2D eigenvalue weighted by Gasteiger charge is -2.05. The van der Waals surface area contributed by atoms with Crippen LogP contribution in [-0.2, 0) is 0 Å². The van der Waals surface area contributed by atoms with E-state index >= 15 is 0 Å². The molecule has 0 radical (unpaired) electrons. The van der Waals surface area contributed by atoms with E-state index in [4.69, 9.17) is 21.2 Å². The standard InChI is InChI=1S/C8H9ClN2O3/c9-7-5(8(12)13)6(14-11-7)4-2-1-3-10-4/h4,10H,1-3H2,(H,12,13). The van der Waals surface area contributed by atoms with Gasteiger partial charge in [0.1, 0.15) is 5.56 Å². The van der Waals surface area contributed by atoms with Crippen LogP contribution in [0.2, 0.25) is 5.15 Å². The van der Waals surface area contributed by atoms with Crippen LogP contribution in [0, 0.1) is 0 Å². The highest BCUT2D eigenvalue weighted by Crippen LogP contribution is 2.29. The minimum absolute atomic E-state index is 0.0222. The quantitative estimate of drug-likeness (QED) is 0.783. The number of aromatic carboxylic acids is 1. The summed E-state index contributed by atoms with van der Waals surface area (Å²) in [5, 5.41) is 15.4. The van der Waals surface area contributed by atoms with Gasteiger partial charge in [0.2, 0.25) is 0 Å². The molecule has 1 saturated heterocycles. The van der Waals surface area contributed by atoms with E-state index in [-0.39, 0.29) is 16.8 Å². The molecule has 6 heteroatoms. The number of hydrogen-bond donors (Lipinski definition) is 2. The molecule has 0 aliphatic carbocycles. The van der Waals surface area contributed by atoms with Crippen LogP contribution in [0.4, 0.5) is 0 Å². The summed E-state index contributed by atoms with van der Waals surface area (Å²) in [4.78, 5) is 10.8. The molecule has 0 spiro atoms. The number of aromatic nitrogens is 1. The first kappa shape index (κ1) is 9.48. The Kier molecular flexibility index (Phi) is 2.43. The van der Waals surface area contributed by atoms with Crippen molar-refractivity contribution in [1.29, 1.82) is 0 Å². The van der Waals surface area contributed by atoms with Crippen molar-refractivity contribution < 1.29 is 14.4 Å². The first-order chi connectivity index (χ1) is 6.70. The molecular formula is C8H9ClN2O3. The molecule has 14 heavy (non-hydrogen) atoms. The molecule has 1 aliphatic heterocycles. The number of carboxylic acids is 1. The fourth-order valence-corrected chi connectivity index (χ4v) is 1.83. The summed E-state index contributed by atoms with van der Waals surface area (Å²) in [6.45, 7) is 0.863. The second-order valence-corrected chi connectivity index (χ2v) is 3.52. The maximum Gasteiger partial charge on any atom is 0.342 e. The number of nitrogens with zero attached hydrogens (tertiary/aromatic N) is 1. The molecule has 76 valence electrons. The van der Waals surface area contributed by atoms with Crippen LogP contribution in [0.3, 0.4) is 0 Å². The SMILES string of the molecule is O=C(O)c1c(Cl)noc1C1CCCN1. The zero-order valence-electron chi connectivity index (χ0n) is 7.29.